The molecule has 0 bridgehead atoms. The van der Waals surface area contributed by atoms with E-state index in [1.807, 2.05) is 6.92 Å². The summed E-state index contributed by atoms with van der Waals surface area (Å²) in [4.78, 5) is 25.0. The second-order valence-electron chi connectivity index (χ2n) is 7.02. The monoisotopic (exact) mass is 351 g/mol. The minimum atomic E-state index is -0.320. The summed E-state index contributed by atoms with van der Waals surface area (Å²) >= 11 is 1.70. The number of fused-ring (bicyclic) bond motifs is 1. The predicted molar refractivity (Wildman–Crippen MR) is 90.4 cm³/mol. The van der Waals surface area contributed by atoms with Crippen LogP contribution in [0.3, 0.4) is 0 Å². The third-order valence-corrected chi connectivity index (χ3v) is 6.03. The Kier molecular flexibility index (Phi) is 4.85. The molecule has 0 spiro atoms. The smallest absolute Gasteiger partial charge is 0.275 e. The fourth-order valence-corrected chi connectivity index (χ4v) is 4.54. The Bertz CT molecular complexity index is 587. The van der Waals surface area contributed by atoms with Crippen LogP contribution in [-0.2, 0) is 20.9 Å². The molecule has 3 atom stereocenters. The van der Waals surface area contributed by atoms with Gasteiger partial charge in [0.2, 0.25) is 0 Å². The van der Waals surface area contributed by atoms with Crippen molar-refractivity contribution < 1.29 is 14.4 Å². The molecule has 0 unspecified atom stereocenters. The second-order valence-corrected chi connectivity index (χ2v) is 8.08. The zero-order chi connectivity index (χ0) is 16.5. The molecule has 3 aliphatic rings. The van der Waals surface area contributed by atoms with Crippen LogP contribution >= 0.6 is 11.3 Å². The lowest BCUT2D eigenvalue weighted by Crippen LogP contribution is -2.43. The van der Waals surface area contributed by atoms with Gasteiger partial charge < -0.3 is 4.74 Å². The number of thiazole rings is 1. The van der Waals surface area contributed by atoms with Gasteiger partial charge in [0.25, 0.3) is 5.91 Å². The van der Waals surface area contributed by atoms with Crippen LogP contribution in [0.1, 0.15) is 36.4 Å². The van der Waals surface area contributed by atoms with Gasteiger partial charge in [0.1, 0.15) is 6.10 Å². The van der Waals surface area contributed by atoms with Crippen LogP contribution in [0.25, 0.3) is 0 Å². The van der Waals surface area contributed by atoms with Gasteiger partial charge in [0.15, 0.2) is 0 Å². The first-order valence-corrected chi connectivity index (χ1v) is 9.80. The van der Waals surface area contributed by atoms with E-state index in [4.69, 9.17) is 9.57 Å². The van der Waals surface area contributed by atoms with Crippen molar-refractivity contribution >= 4 is 17.2 Å². The normalized spacial score (nSPS) is 31.2. The zero-order valence-electron chi connectivity index (χ0n) is 14.1. The number of ether oxygens (including phenoxy) is 1. The van der Waals surface area contributed by atoms with Gasteiger partial charge in [0, 0.05) is 25.0 Å². The van der Waals surface area contributed by atoms with Crippen LogP contribution in [0.4, 0.5) is 0 Å². The van der Waals surface area contributed by atoms with Crippen molar-refractivity contribution in [1.82, 2.24) is 14.9 Å². The SMILES string of the molecule is Cc1nc(CN2CC[C@@H]3C[C@H](C(=O)N4CCCCO4)O[C@H]3C2)cs1. The number of amides is 1. The van der Waals surface area contributed by atoms with Gasteiger partial charge >= 0.3 is 0 Å². The van der Waals surface area contributed by atoms with Gasteiger partial charge in [-0.3, -0.25) is 14.5 Å². The lowest BCUT2D eigenvalue weighted by molar-refractivity contribution is -0.206. The fourth-order valence-electron chi connectivity index (χ4n) is 3.94. The number of nitrogens with zero attached hydrogens (tertiary/aromatic N) is 3. The number of carbonyl (C=O) groups excluding carboxylic acids is 1. The molecule has 24 heavy (non-hydrogen) atoms. The molecule has 3 saturated heterocycles. The average molecular weight is 351 g/mol. The topological polar surface area (TPSA) is 54.9 Å². The Morgan fingerprint density at radius 1 is 1.42 bits per heavy atom. The first-order valence-electron chi connectivity index (χ1n) is 8.92. The Balaban J connectivity index is 1.32. The molecule has 4 heterocycles. The summed E-state index contributed by atoms with van der Waals surface area (Å²) in [5.41, 5.74) is 1.14. The van der Waals surface area contributed by atoms with Gasteiger partial charge in [-0.15, -0.1) is 11.3 Å². The minimum Gasteiger partial charge on any atom is -0.363 e. The van der Waals surface area contributed by atoms with Crippen molar-refractivity contribution in [2.24, 2.45) is 5.92 Å². The van der Waals surface area contributed by atoms with E-state index in [2.05, 4.69) is 15.3 Å². The number of likely N-dealkylation sites (tertiary alicyclic amines) is 1. The number of hydrogen-bond donors (Lipinski definition) is 0. The highest BCUT2D eigenvalue weighted by atomic mass is 32.1. The van der Waals surface area contributed by atoms with Crippen LogP contribution in [0, 0.1) is 12.8 Å². The number of carbonyl (C=O) groups is 1. The van der Waals surface area contributed by atoms with E-state index in [1.165, 1.54) is 5.06 Å². The standard InChI is InChI=1S/C17H25N3O3S/c1-12-18-14(11-24-12)9-19-6-4-13-8-15(23-16(13)10-19)17(21)20-5-2-3-7-22-20/h11,13,15-16H,2-10H2,1H3/t13-,15-,16+/m1/s1. The minimum absolute atomic E-state index is 0.0192. The van der Waals surface area contributed by atoms with E-state index in [-0.39, 0.29) is 18.1 Å². The van der Waals surface area contributed by atoms with Gasteiger partial charge in [0.05, 0.1) is 23.4 Å². The van der Waals surface area contributed by atoms with Gasteiger partial charge in [-0.2, -0.15) is 0 Å². The largest absolute Gasteiger partial charge is 0.363 e. The molecule has 1 aromatic rings. The Morgan fingerprint density at radius 3 is 3.08 bits per heavy atom. The second kappa shape index (κ2) is 7.07. The Labute approximate surface area is 146 Å². The van der Waals surface area contributed by atoms with E-state index in [0.717, 1.165) is 56.0 Å². The molecule has 1 aromatic heterocycles. The summed E-state index contributed by atoms with van der Waals surface area (Å²) < 4.78 is 6.12. The van der Waals surface area contributed by atoms with Gasteiger partial charge in [-0.25, -0.2) is 10.0 Å². The van der Waals surface area contributed by atoms with Crippen molar-refractivity contribution in [1.29, 1.82) is 0 Å². The van der Waals surface area contributed by atoms with Crippen molar-refractivity contribution in [2.45, 2.75) is 51.4 Å². The molecular weight excluding hydrogens is 326 g/mol. The molecule has 0 radical (unpaired) electrons. The first kappa shape index (κ1) is 16.4. The van der Waals surface area contributed by atoms with E-state index in [1.54, 1.807) is 11.3 Å². The maximum Gasteiger partial charge on any atom is 0.275 e. The predicted octanol–water partition coefficient (Wildman–Crippen LogP) is 1.98. The number of hydrogen-bond acceptors (Lipinski definition) is 6. The highest BCUT2D eigenvalue weighted by Gasteiger charge is 2.43. The molecule has 3 fully saturated rings. The quantitative estimate of drug-likeness (QED) is 0.834. The summed E-state index contributed by atoms with van der Waals surface area (Å²) in [5, 5.41) is 4.78. The average Bonchev–Trinajstić information content (AvgIpc) is 3.20. The maximum absolute atomic E-state index is 12.6. The molecule has 3 aliphatic heterocycles. The van der Waals surface area contributed by atoms with Crippen LogP contribution in [0.2, 0.25) is 0 Å². The number of hydroxylamine groups is 2. The number of aromatic nitrogens is 1. The van der Waals surface area contributed by atoms with Crippen LogP contribution in [0.5, 0.6) is 0 Å². The first-order chi connectivity index (χ1) is 11.7. The summed E-state index contributed by atoms with van der Waals surface area (Å²) in [6.07, 6.45) is 3.83. The molecule has 4 rings (SSSR count). The zero-order valence-corrected chi connectivity index (χ0v) is 15.0. The number of aryl methyl sites for hydroxylation is 1. The lowest BCUT2D eigenvalue weighted by Gasteiger charge is -2.33. The third-order valence-electron chi connectivity index (χ3n) is 5.21. The third kappa shape index (κ3) is 3.49. The Morgan fingerprint density at radius 2 is 2.33 bits per heavy atom. The van der Waals surface area contributed by atoms with Crippen molar-refractivity contribution in [3.63, 3.8) is 0 Å². The summed E-state index contributed by atoms with van der Waals surface area (Å²) in [5.74, 6) is 0.517. The summed E-state index contributed by atoms with van der Waals surface area (Å²) in [7, 11) is 0. The van der Waals surface area contributed by atoms with E-state index >= 15 is 0 Å². The lowest BCUT2D eigenvalue weighted by atomic mass is 9.91. The highest BCUT2D eigenvalue weighted by Crippen LogP contribution is 2.34. The van der Waals surface area contributed by atoms with Gasteiger partial charge in [-0.05, 0) is 45.1 Å². The number of piperidine rings is 1. The van der Waals surface area contributed by atoms with Gasteiger partial charge in [-0.1, -0.05) is 0 Å². The van der Waals surface area contributed by atoms with E-state index < -0.39 is 0 Å². The van der Waals surface area contributed by atoms with Crippen LogP contribution < -0.4 is 0 Å². The summed E-state index contributed by atoms with van der Waals surface area (Å²) in [6, 6.07) is 0. The molecule has 1 amide bonds. The molecule has 0 saturated carbocycles. The van der Waals surface area contributed by atoms with Crippen LogP contribution in [0.15, 0.2) is 5.38 Å². The molecule has 0 aromatic carbocycles. The van der Waals surface area contributed by atoms with E-state index in [9.17, 15) is 4.79 Å². The fraction of sp³-hybridized carbons (Fsp3) is 0.765. The van der Waals surface area contributed by atoms with Crippen molar-refractivity contribution in [2.75, 3.05) is 26.2 Å². The molecule has 132 valence electrons. The van der Waals surface area contributed by atoms with E-state index in [0.29, 0.717) is 19.1 Å². The molecule has 7 heteroatoms. The Hall–Kier alpha value is -1.02. The van der Waals surface area contributed by atoms with Crippen molar-refractivity contribution in [3.05, 3.63) is 16.1 Å². The molecular formula is C17H25N3O3S. The molecule has 0 N–H and O–H groups in total. The van der Waals surface area contributed by atoms with Crippen molar-refractivity contribution in [3.8, 4) is 0 Å². The van der Waals surface area contributed by atoms with Crippen LogP contribution in [-0.4, -0.2) is 59.3 Å². The number of rotatable bonds is 3. The molecule has 6 nitrogen and oxygen atoms in total. The maximum atomic E-state index is 12.6. The summed E-state index contributed by atoms with van der Waals surface area (Å²) in [6.45, 7) is 6.22. The highest BCUT2D eigenvalue weighted by molar-refractivity contribution is 7.09. The molecule has 0 aliphatic carbocycles.